The third-order valence-electron chi connectivity index (χ3n) is 2.53. The van der Waals surface area contributed by atoms with Gasteiger partial charge in [-0.15, -0.1) is 0 Å². The van der Waals surface area contributed by atoms with Gasteiger partial charge in [0.15, 0.2) is 0 Å². The molecule has 0 fully saturated rings. The molecule has 1 rings (SSSR count). The largest absolute Gasteiger partial charge is 0.377 e. The Labute approximate surface area is 105 Å². The summed E-state index contributed by atoms with van der Waals surface area (Å²) < 4.78 is 0. The minimum absolute atomic E-state index is 0.218. The summed E-state index contributed by atoms with van der Waals surface area (Å²) in [6.45, 7) is 0. The second kappa shape index (κ2) is 7.57. The number of aromatic nitrogens is 2. The van der Waals surface area contributed by atoms with E-state index in [0.717, 1.165) is 12.0 Å². The van der Waals surface area contributed by atoms with Gasteiger partial charge in [-0.05, 0) is 12.8 Å². The zero-order valence-corrected chi connectivity index (χ0v) is 10.0. The molecule has 18 heavy (non-hydrogen) atoms. The Morgan fingerprint density at radius 1 is 1.67 bits per heavy atom. The SMILES string of the molecule is NC(O)[C@H](CCC=O)NC(=O)CCc1cnc[nH]1. The molecule has 7 heteroatoms. The normalized spacial score (nSPS) is 13.9. The lowest BCUT2D eigenvalue weighted by molar-refractivity contribution is -0.123. The van der Waals surface area contributed by atoms with Crippen LogP contribution in [0.25, 0.3) is 0 Å². The second-order valence-electron chi connectivity index (χ2n) is 3.99. The van der Waals surface area contributed by atoms with Crippen LogP contribution in [0.15, 0.2) is 12.5 Å². The summed E-state index contributed by atoms with van der Waals surface area (Å²) in [5, 5.41) is 11.9. The fourth-order valence-corrected chi connectivity index (χ4v) is 1.52. The van der Waals surface area contributed by atoms with Crippen molar-refractivity contribution in [3.63, 3.8) is 0 Å². The number of H-pyrrole nitrogens is 1. The van der Waals surface area contributed by atoms with Crippen molar-refractivity contribution in [3.8, 4) is 0 Å². The number of aryl methyl sites for hydroxylation is 1. The summed E-state index contributed by atoms with van der Waals surface area (Å²) in [6.07, 6.45) is 4.14. The van der Waals surface area contributed by atoms with Crippen LogP contribution in [0.4, 0.5) is 0 Å². The zero-order chi connectivity index (χ0) is 13.4. The van der Waals surface area contributed by atoms with E-state index in [9.17, 15) is 14.7 Å². The maximum Gasteiger partial charge on any atom is 0.220 e. The Bertz CT molecular complexity index is 364. The predicted octanol–water partition coefficient (Wildman–Crippen LogP) is -0.917. The lowest BCUT2D eigenvalue weighted by atomic mass is 10.1. The molecule has 0 saturated carbocycles. The average Bonchev–Trinajstić information content (AvgIpc) is 2.84. The lowest BCUT2D eigenvalue weighted by Gasteiger charge is -2.20. The van der Waals surface area contributed by atoms with Crippen molar-refractivity contribution >= 4 is 12.2 Å². The number of aliphatic hydroxyl groups is 1. The molecule has 2 atom stereocenters. The van der Waals surface area contributed by atoms with Crippen molar-refractivity contribution in [2.45, 2.75) is 38.0 Å². The van der Waals surface area contributed by atoms with Gasteiger partial charge in [0.25, 0.3) is 0 Å². The molecule has 0 aliphatic carbocycles. The lowest BCUT2D eigenvalue weighted by Crippen LogP contribution is -2.47. The fourth-order valence-electron chi connectivity index (χ4n) is 1.52. The molecule has 1 amide bonds. The molecule has 1 aromatic rings. The highest BCUT2D eigenvalue weighted by atomic mass is 16.3. The third-order valence-corrected chi connectivity index (χ3v) is 2.53. The van der Waals surface area contributed by atoms with Gasteiger partial charge in [0.2, 0.25) is 5.91 Å². The van der Waals surface area contributed by atoms with Crippen LogP contribution in [0.2, 0.25) is 0 Å². The fraction of sp³-hybridized carbons (Fsp3) is 0.545. The number of nitrogens with one attached hydrogen (secondary N) is 2. The van der Waals surface area contributed by atoms with Crippen molar-refractivity contribution in [2.24, 2.45) is 5.73 Å². The number of amides is 1. The van der Waals surface area contributed by atoms with Gasteiger partial charge in [-0.25, -0.2) is 4.98 Å². The Morgan fingerprint density at radius 3 is 3.00 bits per heavy atom. The molecule has 7 nitrogen and oxygen atoms in total. The molecule has 0 spiro atoms. The third kappa shape index (κ3) is 5.07. The minimum Gasteiger partial charge on any atom is -0.377 e. The highest BCUT2D eigenvalue weighted by molar-refractivity contribution is 5.76. The summed E-state index contributed by atoms with van der Waals surface area (Å²) in [5.41, 5.74) is 6.19. The summed E-state index contributed by atoms with van der Waals surface area (Å²) in [5.74, 6) is -0.218. The summed E-state index contributed by atoms with van der Waals surface area (Å²) in [6, 6.07) is -0.593. The van der Waals surface area contributed by atoms with Crippen LogP contribution in [0.1, 0.15) is 25.0 Å². The van der Waals surface area contributed by atoms with E-state index in [2.05, 4.69) is 15.3 Å². The highest BCUT2D eigenvalue weighted by Crippen LogP contribution is 2.01. The number of aromatic amines is 1. The smallest absolute Gasteiger partial charge is 0.220 e. The number of rotatable bonds is 8. The van der Waals surface area contributed by atoms with Crippen LogP contribution in [0.3, 0.4) is 0 Å². The van der Waals surface area contributed by atoms with Crippen LogP contribution >= 0.6 is 0 Å². The number of aliphatic hydroxyl groups excluding tert-OH is 1. The van der Waals surface area contributed by atoms with E-state index in [1.165, 1.54) is 0 Å². The van der Waals surface area contributed by atoms with Gasteiger partial charge in [0, 0.05) is 24.7 Å². The number of nitrogens with zero attached hydrogens (tertiary/aromatic N) is 1. The molecular weight excluding hydrogens is 236 g/mol. The van der Waals surface area contributed by atoms with E-state index in [1.54, 1.807) is 12.5 Å². The van der Waals surface area contributed by atoms with Crippen LogP contribution in [0.5, 0.6) is 0 Å². The van der Waals surface area contributed by atoms with Gasteiger partial charge in [-0.3, -0.25) is 4.79 Å². The number of aldehydes is 1. The molecular formula is C11H18N4O3. The van der Waals surface area contributed by atoms with Gasteiger partial charge in [-0.2, -0.15) is 0 Å². The van der Waals surface area contributed by atoms with Crippen LogP contribution in [-0.2, 0) is 16.0 Å². The number of carbonyl (C=O) groups is 2. The minimum atomic E-state index is -1.17. The van der Waals surface area contributed by atoms with E-state index in [0.29, 0.717) is 12.8 Å². The van der Waals surface area contributed by atoms with E-state index in [1.807, 2.05) is 0 Å². The van der Waals surface area contributed by atoms with Crippen molar-refractivity contribution < 1.29 is 14.7 Å². The monoisotopic (exact) mass is 254 g/mol. The molecule has 1 unspecified atom stereocenters. The van der Waals surface area contributed by atoms with Crippen LogP contribution < -0.4 is 11.1 Å². The Kier molecular flexibility index (Phi) is 6.03. The van der Waals surface area contributed by atoms with Crippen molar-refractivity contribution in [2.75, 3.05) is 0 Å². The first-order valence-electron chi connectivity index (χ1n) is 5.77. The Hall–Kier alpha value is -1.73. The average molecular weight is 254 g/mol. The number of hydrogen-bond donors (Lipinski definition) is 4. The molecule has 1 heterocycles. The van der Waals surface area contributed by atoms with E-state index in [-0.39, 0.29) is 18.7 Å². The predicted molar refractivity (Wildman–Crippen MR) is 64.3 cm³/mol. The maximum absolute atomic E-state index is 11.6. The zero-order valence-electron chi connectivity index (χ0n) is 10.0. The first kappa shape index (κ1) is 14.3. The molecule has 0 aromatic carbocycles. The number of hydrogen-bond acceptors (Lipinski definition) is 5. The molecule has 0 saturated heterocycles. The molecule has 1 aromatic heterocycles. The first-order chi connectivity index (χ1) is 8.63. The first-order valence-corrected chi connectivity index (χ1v) is 5.77. The van der Waals surface area contributed by atoms with Crippen molar-refractivity contribution in [1.29, 1.82) is 0 Å². The van der Waals surface area contributed by atoms with Gasteiger partial charge in [0.05, 0.1) is 12.4 Å². The number of imidazole rings is 1. The standard InChI is InChI=1S/C11H18N4O3/c12-11(18)9(2-1-5-16)15-10(17)4-3-8-6-13-7-14-8/h5-7,9,11,18H,1-4,12H2,(H,13,14)(H,15,17)/t9-,11?/m0/s1. The van der Waals surface area contributed by atoms with Crippen LogP contribution in [0, 0.1) is 0 Å². The van der Waals surface area contributed by atoms with Gasteiger partial charge in [0.1, 0.15) is 12.5 Å². The second-order valence-corrected chi connectivity index (χ2v) is 3.99. The number of carbonyl (C=O) groups excluding carboxylic acids is 2. The van der Waals surface area contributed by atoms with Gasteiger partial charge >= 0.3 is 0 Å². The Morgan fingerprint density at radius 2 is 2.44 bits per heavy atom. The maximum atomic E-state index is 11.6. The van der Waals surface area contributed by atoms with Crippen molar-refractivity contribution in [1.82, 2.24) is 15.3 Å². The summed E-state index contributed by atoms with van der Waals surface area (Å²) in [7, 11) is 0. The topological polar surface area (TPSA) is 121 Å². The molecule has 0 aliphatic rings. The van der Waals surface area contributed by atoms with Crippen molar-refractivity contribution in [3.05, 3.63) is 18.2 Å². The quantitative estimate of drug-likeness (QED) is 0.353. The van der Waals surface area contributed by atoms with E-state index < -0.39 is 12.3 Å². The molecule has 0 aliphatic heterocycles. The molecule has 0 bridgehead atoms. The molecule has 5 N–H and O–H groups in total. The molecule has 100 valence electrons. The summed E-state index contributed by atoms with van der Waals surface area (Å²) in [4.78, 5) is 28.6. The highest BCUT2D eigenvalue weighted by Gasteiger charge is 2.17. The summed E-state index contributed by atoms with van der Waals surface area (Å²) >= 11 is 0. The van der Waals surface area contributed by atoms with Gasteiger partial charge < -0.3 is 25.9 Å². The number of nitrogens with two attached hydrogens (primary N) is 1. The van der Waals surface area contributed by atoms with Gasteiger partial charge in [-0.1, -0.05) is 0 Å². The Balaban J connectivity index is 2.33. The molecule has 0 radical (unpaired) electrons. The van der Waals surface area contributed by atoms with Crippen LogP contribution in [-0.4, -0.2) is 39.5 Å². The van der Waals surface area contributed by atoms with E-state index >= 15 is 0 Å². The van der Waals surface area contributed by atoms with E-state index in [4.69, 9.17) is 5.73 Å².